The number of carbonyl (C=O) groups is 1. The van der Waals surface area contributed by atoms with Crippen LogP contribution in [-0.4, -0.2) is 62.1 Å². The van der Waals surface area contributed by atoms with Gasteiger partial charge in [0.15, 0.2) is 5.65 Å². The molecule has 0 spiro atoms. The molecule has 2 aliphatic rings. The lowest BCUT2D eigenvalue weighted by molar-refractivity contribution is -0.127. The van der Waals surface area contributed by atoms with E-state index in [0.717, 1.165) is 49.3 Å². The van der Waals surface area contributed by atoms with Gasteiger partial charge >= 0.3 is 0 Å². The number of nitrogens with one attached hydrogen (secondary N) is 1. The van der Waals surface area contributed by atoms with Crippen molar-refractivity contribution < 1.29 is 4.79 Å². The number of likely N-dealkylation sites (N-methyl/N-ethyl adjacent to an activating group) is 1. The fourth-order valence-corrected chi connectivity index (χ4v) is 4.16. The van der Waals surface area contributed by atoms with Gasteiger partial charge in [-0.25, -0.2) is 4.98 Å². The van der Waals surface area contributed by atoms with Gasteiger partial charge in [0, 0.05) is 52.0 Å². The maximum Gasteiger partial charge on any atom is 0.229 e. The van der Waals surface area contributed by atoms with Gasteiger partial charge in [0.2, 0.25) is 11.9 Å². The number of anilines is 2. The summed E-state index contributed by atoms with van der Waals surface area (Å²) in [6.45, 7) is 7.84. The molecule has 8 nitrogen and oxygen atoms in total. The fourth-order valence-electron chi connectivity index (χ4n) is 4.16. The molecule has 4 heterocycles. The van der Waals surface area contributed by atoms with Gasteiger partial charge in [-0.05, 0) is 56.0 Å². The summed E-state index contributed by atoms with van der Waals surface area (Å²) < 4.78 is 1.76. The van der Waals surface area contributed by atoms with Gasteiger partial charge in [0.1, 0.15) is 0 Å². The van der Waals surface area contributed by atoms with Crippen molar-refractivity contribution in [3.8, 4) is 0 Å². The lowest BCUT2D eigenvalue weighted by Gasteiger charge is -2.26. The maximum absolute atomic E-state index is 10.6. The van der Waals surface area contributed by atoms with Crippen molar-refractivity contribution in [2.45, 2.75) is 39.7 Å². The van der Waals surface area contributed by atoms with Crippen molar-refractivity contribution in [2.24, 2.45) is 7.05 Å². The van der Waals surface area contributed by atoms with Gasteiger partial charge in [-0.15, -0.1) is 0 Å². The van der Waals surface area contributed by atoms with Crippen LogP contribution in [0.4, 0.5) is 11.6 Å². The number of aromatic nitrogens is 4. The molecule has 8 heteroatoms. The van der Waals surface area contributed by atoms with Crippen LogP contribution in [0.1, 0.15) is 36.5 Å². The zero-order valence-electron chi connectivity index (χ0n) is 18.9. The Morgan fingerprint density at radius 3 is 2.55 bits per heavy atom. The van der Waals surface area contributed by atoms with Crippen LogP contribution in [0, 0.1) is 6.92 Å². The van der Waals surface area contributed by atoms with E-state index in [1.807, 2.05) is 11.9 Å². The second kappa shape index (κ2) is 9.01. The van der Waals surface area contributed by atoms with Gasteiger partial charge in [0.05, 0.1) is 11.6 Å². The number of rotatable bonds is 2. The largest absolute Gasteiger partial charge is 0.343 e. The average Bonchev–Trinajstić information content (AvgIpc) is 3.40. The SMILES string of the molecule is CC(=O)N1CCCC1.Cc1cc2c(cc1Nc1ncc3cnn(C)c3n1)CN(C)CC2. The Balaban J connectivity index is 0.000000245. The smallest absolute Gasteiger partial charge is 0.229 e. The number of amides is 1. The molecule has 1 saturated heterocycles. The highest BCUT2D eigenvalue weighted by molar-refractivity contribution is 5.75. The second-order valence-electron chi connectivity index (χ2n) is 8.50. The molecular weight excluding hydrogens is 390 g/mol. The highest BCUT2D eigenvalue weighted by Gasteiger charge is 2.16. The molecule has 2 aromatic heterocycles. The van der Waals surface area contributed by atoms with E-state index in [0.29, 0.717) is 5.95 Å². The summed E-state index contributed by atoms with van der Waals surface area (Å²) in [6.07, 6.45) is 7.09. The molecule has 164 valence electrons. The highest BCUT2D eigenvalue weighted by Crippen LogP contribution is 2.27. The van der Waals surface area contributed by atoms with Crippen molar-refractivity contribution in [1.29, 1.82) is 0 Å². The van der Waals surface area contributed by atoms with E-state index in [1.165, 1.54) is 29.5 Å². The number of benzene rings is 1. The zero-order valence-corrected chi connectivity index (χ0v) is 18.9. The van der Waals surface area contributed by atoms with Gasteiger partial charge in [0.25, 0.3) is 0 Å². The summed E-state index contributed by atoms with van der Waals surface area (Å²) in [6, 6.07) is 4.52. The summed E-state index contributed by atoms with van der Waals surface area (Å²) in [5.41, 5.74) is 5.96. The van der Waals surface area contributed by atoms with E-state index in [9.17, 15) is 4.79 Å². The van der Waals surface area contributed by atoms with Crippen LogP contribution in [0.25, 0.3) is 11.0 Å². The average molecular weight is 422 g/mol. The number of likely N-dealkylation sites (tertiary alicyclic amines) is 1. The number of hydrogen-bond donors (Lipinski definition) is 1. The summed E-state index contributed by atoms with van der Waals surface area (Å²) in [5.74, 6) is 0.829. The molecular formula is C23H31N7O. The number of carbonyl (C=O) groups excluding carboxylic acids is 1. The third kappa shape index (κ3) is 4.85. The molecule has 31 heavy (non-hydrogen) atoms. The minimum Gasteiger partial charge on any atom is -0.343 e. The summed E-state index contributed by atoms with van der Waals surface area (Å²) in [5, 5.41) is 8.52. The van der Waals surface area contributed by atoms with Crippen molar-refractivity contribution >= 4 is 28.6 Å². The molecule has 0 radical (unpaired) electrons. The first-order valence-corrected chi connectivity index (χ1v) is 10.9. The van der Waals surface area contributed by atoms with Crippen LogP contribution in [0.3, 0.4) is 0 Å². The Morgan fingerprint density at radius 2 is 1.84 bits per heavy atom. The van der Waals surface area contributed by atoms with Crippen molar-refractivity contribution in [3.63, 3.8) is 0 Å². The molecule has 1 N–H and O–H groups in total. The van der Waals surface area contributed by atoms with Crippen LogP contribution in [-0.2, 0) is 24.8 Å². The first-order valence-electron chi connectivity index (χ1n) is 10.9. The monoisotopic (exact) mass is 421 g/mol. The molecule has 0 aliphatic carbocycles. The quantitative estimate of drug-likeness (QED) is 0.685. The lowest BCUT2D eigenvalue weighted by atomic mass is 9.96. The van der Waals surface area contributed by atoms with Crippen LogP contribution < -0.4 is 5.32 Å². The standard InChI is InChI=1S/C17H20N6.C6H11NO/c1-11-6-12-4-5-22(2)10-13(12)7-15(11)20-17-18-8-14-9-19-23(3)16(14)21-17;1-6(8)7-4-2-3-5-7/h6-9H,4-5,10H2,1-3H3,(H,18,20,21);2-5H2,1H3. The first-order chi connectivity index (χ1) is 14.9. The van der Waals surface area contributed by atoms with Crippen LogP contribution >= 0.6 is 0 Å². The zero-order chi connectivity index (χ0) is 22.0. The first kappa shape index (κ1) is 21.2. The molecule has 0 bridgehead atoms. The van der Waals surface area contributed by atoms with E-state index < -0.39 is 0 Å². The number of fused-ring (bicyclic) bond motifs is 2. The van der Waals surface area contributed by atoms with Gasteiger partial charge in [-0.3, -0.25) is 9.48 Å². The van der Waals surface area contributed by atoms with Crippen molar-refractivity contribution in [3.05, 3.63) is 41.2 Å². The predicted molar refractivity (Wildman–Crippen MR) is 122 cm³/mol. The summed E-state index contributed by atoms with van der Waals surface area (Å²) in [4.78, 5) is 23.8. The Bertz CT molecular complexity index is 1080. The Hall–Kier alpha value is -3.00. The van der Waals surface area contributed by atoms with Crippen LogP contribution in [0.2, 0.25) is 0 Å². The van der Waals surface area contributed by atoms with Gasteiger partial charge in [-0.1, -0.05) is 6.07 Å². The molecule has 3 aromatic rings. The Labute approximate surface area is 183 Å². The molecule has 1 fully saturated rings. The summed E-state index contributed by atoms with van der Waals surface area (Å²) >= 11 is 0. The minimum atomic E-state index is 0.225. The normalized spacial score (nSPS) is 16.1. The van der Waals surface area contributed by atoms with Crippen molar-refractivity contribution in [2.75, 3.05) is 32.0 Å². The maximum atomic E-state index is 10.6. The van der Waals surface area contributed by atoms with E-state index in [4.69, 9.17) is 0 Å². The fraction of sp³-hybridized carbons (Fsp3) is 0.478. The predicted octanol–water partition coefficient (Wildman–Crippen LogP) is 3.03. The lowest BCUT2D eigenvalue weighted by Crippen LogP contribution is -2.26. The Kier molecular flexibility index (Phi) is 6.18. The number of nitrogens with zero attached hydrogens (tertiary/aromatic N) is 6. The topological polar surface area (TPSA) is 79.2 Å². The number of aryl methyl sites for hydroxylation is 2. The third-order valence-electron chi connectivity index (χ3n) is 6.02. The summed E-state index contributed by atoms with van der Waals surface area (Å²) in [7, 11) is 4.05. The van der Waals surface area contributed by atoms with E-state index in [-0.39, 0.29) is 5.91 Å². The van der Waals surface area contributed by atoms with E-state index >= 15 is 0 Å². The molecule has 1 aromatic carbocycles. The minimum absolute atomic E-state index is 0.225. The van der Waals surface area contributed by atoms with Gasteiger partial charge < -0.3 is 15.1 Å². The third-order valence-corrected chi connectivity index (χ3v) is 6.02. The highest BCUT2D eigenvalue weighted by atomic mass is 16.2. The van der Waals surface area contributed by atoms with Gasteiger partial charge in [-0.2, -0.15) is 10.1 Å². The molecule has 0 atom stereocenters. The molecule has 1 amide bonds. The van der Waals surface area contributed by atoms with Crippen LogP contribution in [0.15, 0.2) is 24.5 Å². The van der Waals surface area contributed by atoms with E-state index in [1.54, 1.807) is 24.0 Å². The Morgan fingerprint density at radius 1 is 1.06 bits per heavy atom. The van der Waals surface area contributed by atoms with E-state index in [2.05, 4.69) is 51.4 Å². The van der Waals surface area contributed by atoms with Crippen molar-refractivity contribution in [1.82, 2.24) is 29.5 Å². The van der Waals surface area contributed by atoms with Crippen LogP contribution in [0.5, 0.6) is 0 Å². The molecule has 0 unspecified atom stereocenters. The number of hydrogen-bond acceptors (Lipinski definition) is 6. The molecule has 0 saturated carbocycles. The molecule has 2 aliphatic heterocycles. The molecule has 5 rings (SSSR count). The second-order valence-corrected chi connectivity index (χ2v) is 8.50.